The van der Waals surface area contributed by atoms with Gasteiger partial charge in [0.15, 0.2) is 0 Å². The van der Waals surface area contributed by atoms with Gasteiger partial charge in [0.25, 0.3) is 0 Å². The minimum Gasteiger partial charge on any atom is -0.381 e. The number of hydrogen-bond donors (Lipinski definition) is 1. The van der Waals surface area contributed by atoms with Crippen molar-refractivity contribution in [2.24, 2.45) is 0 Å². The summed E-state index contributed by atoms with van der Waals surface area (Å²) in [5.41, 5.74) is 3.28. The lowest BCUT2D eigenvalue weighted by atomic mass is 9.73. The first-order valence-electron chi connectivity index (χ1n) is 9.18. The van der Waals surface area contributed by atoms with E-state index in [9.17, 15) is 4.79 Å². The molecule has 3 rings (SSSR count). The van der Waals surface area contributed by atoms with Gasteiger partial charge in [-0.3, -0.25) is 4.79 Å². The SMILES string of the molecule is Cc1cccc(CCCNC(=O)C2(c3ccccc3)CCOCC2)c1. The molecule has 0 saturated carbocycles. The Labute approximate surface area is 150 Å². The van der Waals surface area contributed by atoms with E-state index in [4.69, 9.17) is 4.74 Å². The maximum atomic E-state index is 13.0. The van der Waals surface area contributed by atoms with Gasteiger partial charge in [-0.2, -0.15) is 0 Å². The van der Waals surface area contributed by atoms with Crippen LogP contribution in [0.5, 0.6) is 0 Å². The largest absolute Gasteiger partial charge is 0.381 e. The van der Waals surface area contributed by atoms with Gasteiger partial charge in [-0.05, 0) is 43.7 Å². The van der Waals surface area contributed by atoms with Crippen molar-refractivity contribution in [1.29, 1.82) is 0 Å². The number of aryl methyl sites for hydroxylation is 2. The van der Waals surface area contributed by atoms with Crippen LogP contribution in [0.1, 0.15) is 36.0 Å². The van der Waals surface area contributed by atoms with E-state index in [0.717, 1.165) is 31.2 Å². The monoisotopic (exact) mass is 337 g/mol. The van der Waals surface area contributed by atoms with Gasteiger partial charge in [-0.1, -0.05) is 60.2 Å². The number of carbonyl (C=O) groups excluding carboxylic acids is 1. The highest BCUT2D eigenvalue weighted by Gasteiger charge is 2.41. The Morgan fingerprint density at radius 1 is 1.08 bits per heavy atom. The van der Waals surface area contributed by atoms with Gasteiger partial charge in [0.1, 0.15) is 0 Å². The van der Waals surface area contributed by atoms with Gasteiger partial charge in [0.2, 0.25) is 5.91 Å². The molecule has 0 spiro atoms. The molecule has 1 N–H and O–H groups in total. The average molecular weight is 337 g/mol. The summed E-state index contributed by atoms with van der Waals surface area (Å²) in [5, 5.41) is 3.18. The van der Waals surface area contributed by atoms with E-state index in [0.29, 0.717) is 19.8 Å². The molecule has 1 heterocycles. The summed E-state index contributed by atoms with van der Waals surface area (Å²) in [6, 6.07) is 18.7. The molecule has 25 heavy (non-hydrogen) atoms. The topological polar surface area (TPSA) is 38.3 Å². The Balaban J connectivity index is 1.59. The zero-order chi connectivity index (χ0) is 17.5. The van der Waals surface area contributed by atoms with Crippen LogP contribution in [0, 0.1) is 6.92 Å². The van der Waals surface area contributed by atoms with Crippen LogP contribution in [-0.2, 0) is 21.4 Å². The van der Waals surface area contributed by atoms with Crippen molar-refractivity contribution >= 4 is 5.91 Å². The van der Waals surface area contributed by atoms with Gasteiger partial charge in [0.05, 0.1) is 5.41 Å². The molecule has 3 nitrogen and oxygen atoms in total. The molecule has 2 aromatic carbocycles. The normalized spacial score (nSPS) is 16.4. The lowest BCUT2D eigenvalue weighted by Gasteiger charge is -2.36. The van der Waals surface area contributed by atoms with E-state index < -0.39 is 5.41 Å². The van der Waals surface area contributed by atoms with Crippen molar-refractivity contribution in [1.82, 2.24) is 5.32 Å². The molecule has 2 aromatic rings. The number of carbonyl (C=O) groups is 1. The van der Waals surface area contributed by atoms with Gasteiger partial charge in [-0.25, -0.2) is 0 Å². The third-order valence-corrected chi connectivity index (χ3v) is 5.12. The molecule has 0 aliphatic carbocycles. The van der Waals surface area contributed by atoms with Gasteiger partial charge >= 0.3 is 0 Å². The summed E-state index contributed by atoms with van der Waals surface area (Å²) in [6.07, 6.45) is 3.45. The second kappa shape index (κ2) is 8.30. The number of hydrogen-bond acceptors (Lipinski definition) is 2. The van der Waals surface area contributed by atoms with Crippen LogP contribution < -0.4 is 5.32 Å². The molecular formula is C22H27NO2. The second-order valence-electron chi connectivity index (χ2n) is 6.91. The molecule has 0 bridgehead atoms. The lowest BCUT2D eigenvalue weighted by molar-refractivity contribution is -0.130. The van der Waals surface area contributed by atoms with Crippen LogP contribution in [0.15, 0.2) is 54.6 Å². The second-order valence-corrected chi connectivity index (χ2v) is 6.91. The third-order valence-electron chi connectivity index (χ3n) is 5.12. The van der Waals surface area contributed by atoms with E-state index in [1.165, 1.54) is 11.1 Å². The number of nitrogens with one attached hydrogen (secondary N) is 1. The standard InChI is InChI=1S/C22H27NO2/c1-18-7-5-8-19(17-18)9-6-14-23-21(24)22(12-15-25-16-13-22)20-10-3-2-4-11-20/h2-5,7-8,10-11,17H,6,9,12-16H2,1H3,(H,23,24). The number of rotatable bonds is 6. The minimum atomic E-state index is -0.442. The van der Waals surface area contributed by atoms with Crippen LogP contribution in [0.3, 0.4) is 0 Å². The van der Waals surface area contributed by atoms with Gasteiger partial charge in [0, 0.05) is 19.8 Å². The predicted molar refractivity (Wildman–Crippen MR) is 101 cm³/mol. The molecule has 3 heteroatoms. The zero-order valence-corrected chi connectivity index (χ0v) is 15.0. The first kappa shape index (κ1) is 17.7. The fraction of sp³-hybridized carbons (Fsp3) is 0.409. The highest BCUT2D eigenvalue weighted by atomic mass is 16.5. The molecule has 0 atom stereocenters. The van der Waals surface area contributed by atoms with Crippen molar-refractivity contribution in [2.45, 2.75) is 38.0 Å². The Morgan fingerprint density at radius 2 is 1.84 bits per heavy atom. The number of benzene rings is 2. The molecule has 1 aliphatic heterocycles. The molecule has 1 aliphatic rings. The molecular weight excluding hydrogens is 310 g/mol. The van der Waals surface area contributed by atoms with Crippen molar-refractivity contribution in [3.05, 3.63) is 71.3 Å². The predicted octanol–water partition coefficient (Wildman–Crippen LogP) is 3.79. The number of amides is 1. The van der Waals surface area contributed by atoms with Crippen molar-refractivity contribution in [3.8, 4) is 0 Å². The third kappa shape index (κ3) is 4.29. The first-order valence-corrected chi connectivity index (χ1v) is 9.18. The highest BCUT2D eigenvalue weighted by Crippen LogP contribution is 2.35. The Kier molecular flexibility index (Phi) is 5.87. The van der Waals surface area contributed by atoms with E-state index >= 15 is 0 Å². The van der Waals surface area contributed by atoms with Crippen LogP contribution in [-0.4, -0.2) is 25.7 Å². The smallest absolute Gasteiger partial charge is 0.230 e. The quantitative estimate of drug-likeness (QED) is 0.815. The fourth-order valence-electron chi connectivity index (χ4n) is 3.66. The first-order chi connectivity index (χ1) is 12.2. The van der Waals surface area contributed by atoms with Crippen LogP contribution in [0.25, 0.3) is 0 Å². The summed E-state index contributed by atoms with van der Waals surface area (Å²) >= 11 is 0. The minimum absolute atomic E-state index is 0.145. The van der Waals surface area contributed by atoms with Gasteiger partial charge < -0.3 is 10.1 Å². The van der Waals surface area contributed by atoms with Crippen LogP contribution in [0.4, 0.5) is 0 Å². The van der Waals surface area contributed by atoms with Crippen LogP contribution in [0.2, 0.25) is 0 Å². The number of ether oxygens (including phenoxy) is 1. The summed E-state index contributed by atoms with van der Waals surface area (Å²) < 4.78 is 5.51. The Hall–Kier alpha value is -2.13. The molecule has 1 saturated heterocycles. The summed E-state index contributed by atoms with van der Waals surface area (Å²) in [4.78, 5) is 13.0. The molecule has 0 unspecified atom stereocenters. The molecule has 1 amide bonds. The van der Waals surface area contributed by atoms with E-state index in [2.05, 4.69) is 48.6 Å². The van der Waals surface area contributed by atoms with E-state index in [1.807, 2.05) is 18.2 Å². The summed E-state index contributed by atoms with van der Waals surface area (Å²) in [7, 11) is 0. The summed E-state index contributed by atoms with van der Waals surface area (Å²) in [6.45, 7) is 4.11. The lowest BCUT2D eigenvalue weighted by Crippen LogP contribution is -2.48. The van der Waals surface area contributed by atoms with Crippen molar-refractivity contribution < 1.29 is 9.53 Å². The maximum absolute atomic E-state index is 13.0. The van der Waals surface area contributed by atoms with Crippen molar-refractivity contribution in [3.63, 3.8) is 0 Å². The average Bonchev–Trinajstić information content (AvgIpc) is 2.66. The molecule has 132 valence electrons. The Morgan fingerprint density at radius 3 is 2.56 bits per heavy atom. The van der Waals surface area contributed by atoms with Crippen LogP contribution >= 0.6 is 0 Å². The van der Waals surface area contributed by atoms with Gasteiger partial charge in [-0.15, -0.1) is 0 Å². The van der Waals surface area contributed by atoms with E-state index in [1.54, 1.807) is 0 Å². The van der Waals surface area contributed by atoms with Crippen molar-refractivity contribution in [2.75, 3.05) is 19.8 Å². The fourth-order valence-corrected chi connectivity index (χ4v) is 3.66. The highest BCUT2D eigenvalue weighted by molar-refractivity contribution is 5.88. The Bertz CT molecular complexity index is 690. The molecule has 0 radical (unpaired) electrons. The summed E-state index contributed by atoms with van der Waals surface area (Å²) in [5.74, 6) is 0.145. The molecule has 1 fully saturated rings. The maximum Gasteiger partial charge on any atom is 0.230 e. The molecule has 0 aromatic heterocycles. The zero-order valence-electron chi connectivity index (χ0n) is 15.0. The van der Waals surface area contributed by atoms with E-state index in [-0.39, 0.29) is 5.91 Å².